The zero-order chi connectivity index (χ0) is 34.0. The fraction of sp³-hybridized carbons (Fsp3) is 0.0870. The van der Waals surface area contributed by atoms with Gasteiger partial charge in [-0.25, -0.2) is 0 Å². The molecule has 2 N–H and O–H groups in total. The van der Waals surface area contributed by atoms with Crippen molar-refractivity contribution in [3.8, 4) is 22.5 Å². The van der Waals surface area contributed by atoms with Crippen LogP contribution in [0.3, 0.4) is 0 Å². The maximum Gasteiger partial charge on any atom is 0.133 e. The van der Waals surface area contributed by atoms with Gasteiger partial charge in [-0.3, -0.25) is 4.57 Å². The molecule has 2 aromatic heterocycles. The lowest BCUT2D eigenvalue weighted by molar-refractivity contribution is 0.688. The number of nitrogens with two attached hydrogens (primary N) is 1. The molecule has 1 aliphatic rings. The highest BCUT2D eigenvalue weighted by atomic mass is 15.2. The summed E-state index contributed by atoms with van der Waals surface area (Å²) in [7, 11) is 0. The largest absolute Gasteiger partial charge is 0.383 e. The van der Waals surface area contributed by atoms with E-state index >= 15 is 0 Å². The van der Waals surface area contributed by atoms with Gasteiger partial charge >= 0.3 is 0 Å². The summed E-state index contributed by atoms with van der Waals surface area (Å²) in [6.45, 7) is 7.13. The third kappa shape index (κ3) is 5.36. The standard InChI is InChI=1S/C46H40N4/c1-3-17-39-40-30-31-42-43(44(40)49(41(39)4-2)38-28-26-35(27-29-38)34-20-11-6-12-21-34)45(46(47)50(42)37-24-15-8-16-25-37)48(36-22-13-7-14-23-36)32-33-18-9-5-10-19-33/h3-22,24-31,36H,2,23,32,47H2,1H3/b17-3-. The number of nitrogen functional groups attached to an aromatic ring is 1. The molecule has 0 amide bonds. The lowest BCUT2D eigenvalue weighted by Crippen LogP contribution is -2.34. The zero-order valence-corrected chi connectivity index (χ0v) is 28.3. The predicted octanol–water partition coefficient (Wildman–Crippen LogP) is 11.4. The third-order valence-electron chi connectivity index (χ3n) is 9.76. The van der Waals surface area contributed by atoms with Crippen molar-refractivity contribution in [2.24, 2.45) is 0 Å². The van der Waals surface area contributed by atoms with E-state index in [2.05, 4.69) is 191 Å². The van der Waals surface area contributed by atoms with Crippen LogP contribution < -0.4 is 10.6 Å². The molecule has 0 spiro atoms. The number of rotatable bonds is 9. The van der Waals surface area contributed by atoms with Crippen molar-refractivity contribution >= 4 is 45.5 Å². The molecule has 5 aromatic carbocycles. The maximum atomic E-state index is 7.45. The molecule has 0 saturated carbocycles. The molecule has 50 heavy (non-hydrogen) atoms. The van der Waals surface area contributed by atoms with Crippen molar-refractivity contribution in [1.82, 2.24) is 9.13 Å². The molecule has 1 unspecified atom stereocenters. The van der Waals surface area contributed by atoms with Crippen LogP contribution in [0, 0.1) is 0 Å². The number of aromatic nitrogens is 2. The van der Waals surface area contributed by atoms with Gasteiger partial charge in [-0.05, 0) is 66.4 Å². The average Bonchev–Trinajstić information content (AvgIpc) is 3.66. The van der Waals surface area contributed by atoms with Crippen molar-refractivity contribution in [2.75, 3.05) is 10.6 Å². The summed E-state index contributed by atoms with van der Waals surface area (Å²) in [4.78, 5) is 2.50. The van der Waals surface area contributed by atoms with Gasteiger partial charge in [-0.2, -0.15) is 0 Å². The number of anilines is 2. The van der Waals surface area contributed by atoms with E-state index in [0.29, 0.717) is 6.54 Å². The Morgan fingerprint density at radius 3 is 2.08 bits per heavy atom. The number of hydrogen-bond acceptors (Lipinski definition) is 2. The van der Waals surface area contributed by atoms with E-state index in [1.165, 1.54) is 16.7 Å². The van der Waals surface area contributed by atoms with Gasteiger partial charge < -0.3 is 15.2 Å². The quantitative estimate of drug-likeness (QED) is 0.169. The topological polar surface area (TPSA) is 39.1 Å². The molecular weight excluding hydrogens is 609 g/mol. The molecule has 0 fully saturated rings. The summed E-state index contributed by atoms with van der Waals surface area (Å²) in [5.74, 6) is 0.720. The first kappa shape index (κ1) is 31.0. The number of para-hydroxylation sites is 1. The number of fused-ring (bicyclic) bond motifs is 3. The molecule has 1 atom stereocenters. The minimum absolute atomic E-state index is 0.120. The van der Waals surface area contributed by atoms with Crippen LogP contribution in [-0.2, 0) is 6.54 Å². The van der Waals surface area contributed by atoms with Crippen molar-refractivity contribution in [3.05, 3.63) is 181 Å². The highest BCUT2D eigenvalue weighted by molar-refractivity contribution is 6.18. The molecule has 0 bridgehead atoms. The molecule has 8 rings (SSSR count). The Bertz CT molecular complexity index is 2390. The smallest absolute Gasteiger partial charge is 0.133 e. The molecule has 2 heterocycles. The van der Waals surface area contributed by atoms with Gasteiger partial charge in [0.25, 0.3) is 0 Å². The summed E-state index contributed by atoms with van der Waals surface area (Å²) in [5, 5.41) is 2.27. The Labute approximate surface area is 294 Å². The van der Waals surface area contributed by atoms with Gasteiger partial charge in [0.1, 0.15) is 5.82 Å². The van der Waals surface area contributed by atoms with Gasteiger partial charge in [-0.15, -0.1) is 0 Å². The van der Waals surface area contributed by atoms with E-state index in [1.54, 1.807) is 0 Å². The van der Waals surface area contributed by atoms with Gasteiger partial charge in [-0.1, -0.05) is 140 Å². The second-order valence-corrected chi connectivity index (χ2v) is 12.7. The summed E-state index contributed by atoms with van der Waals surface area (Å²) < 4.78 is 4.60. The Balaban J connectivity index is 1.48. The number of hydrogen-bond donors (Lipinski definition) is 1. The van der Waals surface area contributed by atoms with Crippen LogP contribution in [0.15, 0.2) is 164 Å². The average molecular weight is 649 g/mol. The van der Waals surface area contributed by atoms with Crippen LogP contribution in [0.4, 0.5) is 11.5 Å². The highest BCUT2D eigenvalue weighted by Gasteiger charge is 2.30. The van der Waals surface area contributed by atoms with E-state index < -0.39 is 0 Å². The molecule has 7 aromatic rings. The number of allylic oxidation sites excluding steroid dienone is 3. The van der Waals surface area contributed by atoms with E-state index in [0.717, 1.165) is 62.4 Å². The van der Waals surface area contributed by atoms with Gasteiger partial charge in [0.15, 0.2) is 0 Å². The zero-order valence-electron chi connectivity index (χ0n) is 28.3. The summed E-state index contributed by atoms with van der Waals surface area (Å²) in [5.41, 5.74) is 18.5. The molecule has 0 saturated heterocycles. The minimum Gasteiger partial charge on any atom is -0.383 e. The van der Waals surface area contributed by atoms with E-state index in [1.807, 2.05) is 6.08 Å². The fourth-order valence-electron chi connectivity index (χ4n) is 7.52. The molecule has 4 nitrogen and oxygen atoms in total. The lowest BCUT2D eigenvalue weighted by atomic mass is 10.0. The van der Waals surface area contributed by atoms with Gasteiger partial charge in [0, 0.05) is 28.9 Å². The Morgan fingerprint density at radius 2 is 1.42 bits per heavy atom. The summed E-state index contributed by atoms with van der Waals surface area (Å²) in [6, 6.07) is 45.2. The Morgan fingerprint density at radius 1 is 0.760 bits per heavy atom. The second-order valence-electron chi connectivity index (χ2n) is 12.7. The van der Waals surface area contributed by atoms with Crippen molar-refractivity contribution in [2.45, 2.75) is 25.9 Å². The van der Waals surface area contributed by atoms with E-state index in [-0.39, 0.29) is 6.04 Å². The molecule has 0 radical (unpaired) electrons. The van der Waals surface area contributed by atoms with Crippen LogP contribution in [-0.4, -0.2) is 15.2 Å². The minimum atomic E-state index is 0.120. The van der Waals surface area contributed by atoms with Crippen molar-refractivity contribution < 1.29 is 0 Å². The first-order valence-corrected chi connectivity index (χ1v) is 17.3. The summed E-state index contributed by atoms with van der Waals surface area (Å²) in [6.07, 6.45) is 16.0. The van der Waals surface area contributed by atoms with E-state index in [4.69, 9.17) is 5.73 Å². The van der Waals surface area contributed by atoms with Crippen molar-refractivity contribution in [1.29, 1.82) is 0 Å². The molecule has 0 aliphatic heterocycles. The Hall–Kier alpha value is -6.26. The first-order valence-electron chi connectivity index (χ1n) is 17.3. The van der Waals surface area contributed by atoms with Crippen LogP contribution in [0.1, 0.15) is 30.2 Å². The van der Waals surface area contributed by atoms with Crippen LogP contribution in [0.5, 0.6) is 0 Å². The van der Waals surface area contributed by atoms with Crippen LogP contribution in [0.25, 0.3) is 56.5 Å². The van der Waals surface area contributed by atoms with Crippen LogP contribution in [0.2, 0.25) is 0 Å². The van der Waals surface area contributed by atoms with Gasteiger partial charge in [0.2, 0.25) is 0 Å². The third-order valence-corrected chi connectivity index (χ3v) is 9.76. The SMILES string of the molecule is C=Cc1c(/C=C\C)c2ccc3c(c(N(Cc4ccccc4)C4C=CC=CC4)c(N)n3-c3ccccc3)c2n1-c1ccc(-c2ccccc2)cc1. The molecule has 4 heteroatoms. The number of nitrogens with zero attached hydrogens (tertiary/aromatic N) is 3. The summed E-state index contributed by atoms with van der Waals surface area (Å²) >= 11 is 0. The van der Waals surface area contributed by atoms with Gasteiger partial charge in [0.05, 0.1) is 33.8 Å². The fourth-order valence-corrected chi connectivity index (χ4v) is 7.52. The van der Waals surface area contributed by atoms with Crippen molar-refractivity contribution in [3.63, 3.8) is 0 Å². The highest BCUT2D eigenvalue weighted by Crippen LogP contribution is 2.47. The molecule has 244 valence electrons. The molecule has 1 aliphatic carbocycles. The monoisotopic (exact) mass is 648 g/mol. The molecular formula is C46H40N4. The van der Waals surface area contributed by atoms with Crippen LogP contribution >= 0.6 is 0 Å². The first-order chi connectivity index (χ1) is 24.7. The van der Waals surface area contributed by atoms with E-state index in [9.17, 15) is 0 Å². The normalized spacial score (nSPS) is 14.2. The lowest BCUT2D eigenvalue weighted by Gasteiger charge is -2.33. The Kier molecular flexibility index (Phi) is 8.27. The predicted molar refractivity (Wildman–Crippen MR) is 214 cm³/mol. The second kappa shape index (κ2) is 13.3. The number of benzene rings is 5. The maximum absolute atomic E-state index is 7.45.